The molecular formula is C36H37BO2. The van der Waals surface area contributed by atoms with Crippen molar-refractivity contribution in [1.29, 1.82) is 0 Å². The Morgan fingerprint density at radius 3 is 1.54 bits per heavy atom. The van der Waals surface area contributed by atoms with Crippen molar-refractivity contribution in [3.05, 3.63) is 103 Å². The predicted octanol–water partition coefficient (Wildman–Crippen LogP) is 8.92. The SMILES string of the molecule is CC(C)(C)c1ccc2cc(-c3cccc(-c4ccc5cc(B6OC(C)(C)C(C)(C)O6)ccc5c4)c3)ccc2c1. The molecule has 0 spiro atoms. The quantitative estimate of drug-likeness (QED) is 0.225. The van der Waals surface area contributed by atoms with E-state index in [0.717, 1.165) is 5.46 Å². The number of benzene rings is 5. The third-order valence-corrected chi connectivity index (χ3v) is 8.63. The highest BCUT2D eigenvalue weighted by molar-refractivity contribution is 6.62. The Kier molecular flexibility index (Phi) is 6.02. The van der Waals surface area contributed by atoms with Crippen LogP contribution in [0.15, 0.2) is 97.1 Å². The fraction of sp³-hybridized carbons (Fsp3) is 0.278. The highest BCUT2D eigenvalue weighted by Crippen LogP contribution is 2.37. The average Bonchev–Trinajstić information content (AvgIpc) is 3.13. The third-order valence-electron chi connectivity index (χ3n) is 8.63. The molecule has 1 heterocycles. The predicted molar refractivity (Wildman–Crippen MR) is 167 cm³/mol. The molecule has 5 aromatic carbocycles. The maximum atomic E-state index is 6.27. The molecule has 39 heavy (non-hydrogen) atoms. The normalized spacial score (nSPS) is 16.7. The molecule has 3 heteroatoms. The van der Waals surface area contributed by atoms with Crippen molar-refractivity contribution >= 4 is 34.1 Å². The van der Waals surface area contributed by atoms with Crippen molar-refractivity contribution < 1.29 is 9.31 Å². The summed E-state index contributed by atoms with van der Waals surface area (Å²) in [5.74, 6) is 0. The molecule has 0 atom stereocenters. The van der Waals surface area contributed by atoms with Crippen LogP contribution in [0.1, 0.15) is 54.0 Å². The van der Waals surface area contributed by atoms with Gasteiger partial charge in [0.25, 0.3) is 0 Å². The van der Waals surface area contributed by atoms with Gasteiger partial charge in [0.15, 0.2) is 0 Å². The smallest absolute Gasteiger partial charge is 0.399 e. The number of rotatable bonds is 3. The van der Waals surface area contributed by atoms with Gasteiger partial charge in [-0.25, -0.2) is 0 Å². The number of fused-ring (bicyclic) bond motifs is 2. The number of hydrogen-bond donors (Lipinski definition) is 0. The molecule has 0 radical (unpaired) electrons. The van der Waals surface area contributed by atoms with E-state index in [-0.39, 0.29) is 23.7 Å². The minimum atomic E-state index is -0.349. The van der Waals surface area contributed by atoms with Crippen LogP contribution in [0, 0.1) is 0 Å². The van der Waals surface area contributed by atoms with Crippen molar-refractivity contribution in [1.82, 2.24) is 0 Å². The van der Waals surface area contributed by atoms with Gasteiger partial charge in [0.05, 0.1) is 11.2 Å². The van der Waals surface area contributed by atoms with Gasteiger partial charge in [0, 0.05) is 0 Å². The van der Waals surface area contributed by atoms with Crippen LogP contribution in [0.4, 0.5) is 0 Å². The summed E-state index contributed by atoms with van der Waals surface area (Å²) < 4.78 is 12.5. The van der Waals surface area contributed by atoms with E-state index in [1.165, 1.54) is 49.4 Å². The van der Waals surface area contributed by atoms with Crippen molar-refractivity contribution in [3.63, 3.8) is 0 Å². The first-order valence-electron chi connectivity index (χ1n) is 13.9. The van der Waals surface area contributed by atoms with Gasteiger partial charge in [-0.1, -0.05) is 99.6 Å². The van der Waals surface area contributed by atoms with Crippen LogP contribution in [-0.4, -0.2) is 18.3 Å². The maximum absolute atomic E-state index is 6.27. The monoisotopic (exact) mass is 512 g/mol. The van der Waals surface area contributed by atoms with E-state index in [2.05, 4.69) is 146 Å². The zero-order valence-electron chi connectivity index (χ0n) is 24.1. The molecule has 0 aliphatic carbocycles. The zero-order valence-corrected chi connectivity index (χ0v) is 24.1. The molecule has 0 unspecified atom stereocenters. The largest absolute Gasteiger partial charge is 0.494 e. The first-order valence-corrected chi connectivity index (χ1v) is 13.9. The van der Waals surface area contributed by atoms with E-state index in [9.17, 15) is 0 Å². The lowest BCUT2D eigenvalue weighted by Gasteiger charge is -2.32. The molecule has 0 amide bonds. The van der Waals surface area contributed by atoms with Crippen molar-refractivity contribution in [3.8, 4) is 22.3 Å². The van der Waals surface area contributed by atoms with Crippen LogP contribution in [0.5, 0.6) is 0 Å². The van der Waals surface area contributed by atoms with E-state index in [0.29, 0.717) is 0 Å². The molecule has 2 nitrogen and oxygen atoms in total. The van der Waals surface area contributed by atoms with Gasteiger partial charge in [-0.3, -0.25) is 0 Å². The summed E-state index contributed by atoms with van der Waals surface area (Å²) in [6.45, 7) is 15.2. The lowest BCUT2D eigenvalue weighted by Crippen LogP contribution is -2.41. The first-order chi connectivity index (χ1) is 18.4. The Labute approximate surface area is 233 Å². The maximum Gasteiger partial charge on any atom is 0.494 e. The van der Waals surface area contributed by atoms with Crippen molar-refractivity contribution in [2.24, 2.45) is 0 Å². The molecule has 6 rings (SSSR count). The molecule has 1 aliphatic rings. The number of hydrogen-bond acceptors (Lipinski definition) is 2. The van der Waals surface area contributed by atoms with Crippen molar-refractivity contribution in [2.45, 2.75) is 65.1 Å². The third kappa shape index (κ3) is 4.79. The summed E-state index contributed by atoms with van der Waals surface area (Å²) in [5, 5.41) is 4.95. The van der Waals surface area contributed by atoms with Crippen LogP contribution in [0.25, 0.3) is 43.8 Å². The molecule has 196 valence electrons. The van der Waals surface area contributed by atoms with Gasteiger partial charge in [-0.15, -0.1) is 0 Å². The molecule has 1 saturated heterocycles. The van der Waals surface area contributed by atoms with Gasteiger partial charge in [0.2, 0.25) is 0 Å². The van der Waals surface area contributed by atoms with E-state index in [4.69, 9.17) is 9.31 Å². The zero-order chi connectivity index (χ0) is 27.6. The Morgan fingerprint density at radius 1 is 0.513 bits per heavy atom. The first kappa shape index (κ1) is 25.9. The minimum absolute atomic E-state index is 0.147. The lowest BCUT2D eigenvalue weighted by molar-refractivity contribution is 0.00578. The molecule has 5 aromatic rings. The highest BCUT2D eigenvalue weighted by atomic mass is 16.7. The van der Waals surface area contributed by atoms with E-state index in [1.54, 1.807) is 0 Å². The summed E-state index contributed by atoms with van der Waals surface area (Å²) in [7, 11) is -0.349. The van der Waals surface area contributed by atoms with Crippen LogP contribution < -0.4 is 5.46 Å². The van der Waals surface area contributed by atoms with E-state index >= 15 is 0 Å². The van der Waals surface area contributed by atoms with Crippen LogP contribution >= 0.6 is 0 Å². The van der Waals surface area contributed by atoms with Gasteiger partial charge in [-0.05, 0) is 106 Å². The second-order valence-electron chi connectivity index (χ2n) is 13.0. The molecule has 0 aromatic heterocycles. The fourth-order valence-electron chi connectivity index (χ4n) is 5.34. The fourth-order valence-corrected chi connectivity index (χ4v) is 5.34. The molecule has 0 N–H and O–H groups in total. The Balaban J connectivity index is 1.29. The Bertz CT molecular complexity index is 1690. The van der Waals surface area contributed by atoms with Crippen LogP contribution in [0.2, 0.25) is 0 Å². The van der Waals surface area contributed by atoms with Gasteiger partial charge in [0.1, 0.15) is 0 Å². The average molecular weight is 513 g/mol. The molecule has 0 saturated carbocycles. The minimum Gasteiger partial charge on any atom is -0.399 e. The summed E-state index contributed by atoms with van der Waals surface area (Å²) in [5.41, 5.74) is 6.77. The topological polar surface area (TPSA) is 18.5 Å². The second kappa shape index (κ2) is 9.08. The highest BCUT2D eigenvalue weighted by Gasteiger charge is 2.51. The Hall–Kier alpha value is -3.40. The second-order valence-corrected chi connectivity index (χ2v) is 13.0. The summed E-state index contributed by atoms with van der Waals surface area (Å²) in [6, 6.07) is 35.7. The summed E-state index contributed by atoms with van der Waals surface area (Å²) >= 11 is 0. The molecular weight excluding hydrogens is 475 g/mol. The van der Waals surface area contributed by atoms with E-state index in [1.807, 2.05) is 0 Å². The summed E-state index contributed by atoms with van der Waals surface area (Å²) in [6.07, 6.45) is 0. The van der Waals surface area contributed by atoms with Crippen LogP contribution in [0.3, 0.4) is 0 Å². The van der Waals surface area contributed by atoms with E-state index < -0.39 is 0 Å². The molecule has 1 aliphatic heterocycles. The lowest BCUT2D eigenvalue weighted by atomic mass is 9.78. The summed E-state index contributed by atoms with van der Waals surface area (Å²) in [4.78, 5) is 0. The van der Waals surface area contributed by atoms with Crippen molar-refractivity contribution in [2.75, 3.05) is 0 Å². The van der Waals surface area contributed by atoms with Gasteiger partial charge < -0.3 is 9.31 Å². The van der Waals surface area contributed by atoms with Crippen LogP contribution in [-0.2, 0) is 14.7 Å². The molecule has 0 bridgehead atoms. The van der Waals surface area contributed by atoms with Gasteiger partial charge >= 0.3 is 7.12 Å². The molecule has 1 fully saturated rings. The standard InChI is InChI=1S/C36H37BO2/c1-34(2,3)32-17-15-28-20-26(11-13-30(28)22-32)24-9-8-10-25(19-24)27-12-14-31-23-33(18-16-29(31)21-27)37-38-35(4,5)36(6,7)39-37/h8-23H,1-7H3. The Morgan fingerprint density at radius 2 is 0.974 bits per heavy atom. The van der Waals surface area contributed by atoms with Gasteiger partial charge in [-0.2, -0.15) is 0 Å².